The van der Waals surface area contributed by atoms with Gasteiger partial charge in [-0.3, -0.25) is 4.79 Å². The number of fused-ring (bicyclic) bond motifs is 1. The van der Waals surface area contributed by atoms with Gasteiger partial charge in [-0.15, -0.1) is 0 Å². The quantitative estimate of drug-likeness (QED) is 0.942. The third-order valence-electron chi connectivity index (χ3n) is 3.66. The van der Waals surface area contributed by atoms with Gasteiger partial charge < -0.3 is 14.8 Å². The Morgan fingerprint density at radius 2 is 2.13 bits per heavy atom. The van der Waals surface area contributed by atoms with Crippen LogP contribution in [0.3, 0.4) is 0 Å². The lowest BCUT2D eigenvalue weighted by Gasteiger charge is -2.13. The maximum absolute atomic E-state index is 13.6. The van der Waals surface area contributed by atoms with Gasteiger partial charge in [0.15, 0.2) is 11.6 Å². The summed E-state index contributed by atoms with van der Waals surface area (Å²) in [5.41, 5.74) is 0.877. The van der Waals surface area contributed by atoms with Gasteiger partial charge in [-0.25, -0.2) is 8.78 Å². The van der Waals surface area contributed by atoms with Crippen LogP contribution in [0.1, 0.15) is 15.9 Å². The van der Waals surface area contributed by atoms with Crippen molar-refractivity contribution in [2.45, 2.75) is 12.5 Å². The number of methoxy groups -OCH3 is 1. The van der Waals surface area contributed by atoms with Crippen LogP contribution in [-0.2, 0) is 6.42 Å². The first-order valence-electron chi connectivity index (χ1n) is 7.14. The molecule has 0 radical (unpaired) electrons. The van der Waals surface area contributed by atoms with Crippen LogP contribution in [0.15, 0.2) is 36.4 Å². The average molecular weight is 319 g/mol. The largest absolute Gasteiger partial charge is 0.496 e. The van der Waals surface area contributed by atoms with Crippen LogP contribution >= 0.6 is 0 Å². The molecule has 2 aromatic carbocycles. The fourth-order valence-electron chi connectivity index (χ4n) is 2.60. The van der Waals surface area contributed by atoms with E-state index in [1.807, 2.05) is 0 Å². The second-order valence-corrected chi connectivity index (χ2v) is 5.23. The summed E-state index contributed by atoms with van der Waals surface area (Å²) in [6.07, 6.45) is -0.0871. The zero-order valence-electron chi connectivity index (χ0n) is 12.4. The molecule has 1 heterocycles. The first-order valence-corrected chi connectivity index (χ1v) is 7.14. The number of halogens is 2. The molecule has 1 aliphatic heterocycles. The van der Waals surface area contributed by atoms with Gasteiger partial charge in [0.25, 0.3) is 5.91 Å². The first-order chi connectivity index (χ1) is 11.1. The van der Waals surface area contributed by atoms with Gasteiger partial charge in [0.1, 0.15) is 17.7 Å². The third-order valence-corrected chi connectivity index (χ3v) is 3.66. The van der Waals surface area contributed by atoms with Gasteiger partial charge >= 0.3 is 0 Å². The molecular formula is C17H15F2NO3. The van der Waals surface area contributed by atoms with Crippen LogP contribution in [0.2, 0.25) is 0 Å². The van der Waals surface area contributed by atoms with Crippen molar-refractivity contribution in [1.29, 1.82) is 0 Å². The Morgan fingerprint density at radius 1 is 1.35 bits per heavy atom. The Hall–Kier alpha value is -2.63. The minimum absolute atomic E-state index is 0.0583. The molecule has 6 heteroatoms. The van der Waals surface area contributed by atoms with Crippen molar-refractivity contribution >= 4 is 5.91 Å². The molecule has 23 heavy (non-hydrogen) atoms. The van der Waals surface area contributed by atoms with E-state index in [1.54, 1.807) is 24.3 Å². The van der Waals surface area contributed by atoms with Gasteiger partial charge in [-0.05, 0) is 18.2 Å². The highest BCUT2D eigenvalue weighted by molar-refractivity contribution is 5.96. The molecule has 4 nitrogen and oxygen atoms in total. The van der Waals surface area contributed by atoms with Crippen LogP contribution in [0.4, 0.5) is 8.78 Å². The molecule has 3 rings (SSSR count). The van der Waals surface area contributed by atoms with Crippen LogP contribution in [0.5, 0.6) is 11.5 Å². The van der Waals surface area contributed by atoms with Crippen molar-refractivity contribution in [2.75, 3.05) is 13.7 Å². The maximum atomic E-state index is 13.6. The number of amides is 1. The SMILES string of the molecule is COc1ccccc1C(=O)NC[C@@H]1Cc2cc(F)cc(F)c2O1. The van der Waals surface area contributed by atoms with Crippen molar-refractivity contribution in [3.8, 4) is 11.5 Å². The number of rotatable bonds is 4. The minimum atomic E-state index is -0.724. The third kappa shape index (κ3) is 3.11. The minimum Gasteiger partial charge on any atom is -0.496 e. The monoisotopic (exact) mass is 319 g/mol. The highest BCUT2D eigenvalue weighted by Crippen LogP contribution is 2.32. The molecule has 120 valence electrons. The molecule has 0 spiro atoms. The number of benzene rings is 2. The second-order valence-electron chi connectivity index (χ2n) is 5.23. The fourth-order valence-corrected chi connectivity index (χ4v) is 2.60. The van der Waals surface area contributed by atoms with E-state index in [1.165, 1.54) is 13.2 Å². The van der Waals surface area contributed by atoms with Crippen LogP contribution in [0, 0.1) is 11.6 Å². The number of hydrogen-bond acceptors (Lipinski definition) is 3. The zero-order chi connectivity index (χ0) is 16.4. The number of nitrogens with one attached hydrogen (secondary N) is 1. The molecule has 2 aromatic rings. The molecule has 1 amide bonds. The first kappa shape index (κ1) is 15.3. The summed E-state index contributed by atoms with van der Waals surface area (Å²) in [6.45, 7) is 0.187. The molecule has 0 aliphatic carbocycles. The Bertz CT molecular complexity index is 749. The summed E-state index contributed by atoms with van der Waals surface area (Å²) in [5, 5.41) is 2.72. The molecule has 0 bridgehead atoms. The normalized spacial score (nSPS) is 15.7. The van der Waals surface area contributed by atoms with E-state index < -0.39 is 17.7 Å². The summed E-state index contributed by atoms with van der Waals surface area (Å²) < 4.78 is 37.4. The average Bonchev–Trinajstić information content (AvgIpc) is 2.95. The van der Waals surface area contributed by atoms with Crippen molar-refractivity contribution in [2.24, 2.45) is 0 Å². The second kappa shape index (κ2) is 6.24. The van der Waals surface area contributed by atoms with Gasteiger partial charge in [0, 0.05) is 18.1 Å². The molecule has 0 saturated heterocycles. The maximum Gasteiger partial charge on any atom is 0.255 e. The molecule has 1 atom stereocenters. The lowest BCUT2D eigenvalue weighted by Crippen LogP contribution is -2.34. The fraction of sp³-hybridized carbons (Fsp3) is 0.235. The van der Waals surface area contributed by atoms with Gasteiger partial charge in [-0.1, -0.05) is 12.1 Å². The molecule has 0 fully saturated rings. The highest BCUT2D eigenvalue weighted by atomic mass is 19.1. The number of para-hydroxylation sites is 1. The van der Waals surface area contributed by atoms with Crippen molar-refractivity contribution in [3.63, 3.8) is 0 Å². The highest BCUT2D eigenvalue weighted by Gasteiger charge is 2.27. The lowest BCUT2D eigenvalue weighted by atomic mass is 10.1. The topological polar surface area (TPSA) is 47.6 Å². The van der Waals surface area contributed by atoms with Gasteiger partial charge in [0.2, 0.25) is 0 Å². The standard InChI is InChI=1S/C17H15F2NO3/c1-22-15-5-3-2-4-13(15)17(21)20-9-12-7-10-6-11(18)8-14(19)16(10)23-12/h2-6,8,12H,7,9H2,1H3,(H,20,21)/t12-/m0/s1. The van der Waals surface area contributed by atoms with E-state index in [4.69, 9.17) is 9.47 Å². The van der Waals surface area contributed by atoms with E-state index in [9.17, 15) is 13.6 Å². The molecule has 1 aliphatic rings. The molecule has 0 aromatic heterocycles. The summed E-state index contributed by atoms with van der Waals surface area (Å²) in [5.74, 6) is -1.15. The smallest absolute Gasteiger partial charge is 0.255 e. The number of carbonyl (C=O) groups excluding carboxylic acids is 1. The predicted molar refractivity (Wildman–Crippen MR) is 79.8 cm³/mol. The Morgan fingerprint density at radius 3 is 2.91 bits per heavy atom. The van der Waals surface area contributed by atoms with E-state index in [2.05, 4.69) is 5.32 Å². The molecule has 0 saturated carbocycles. The number of carbonyl (C=O) groups is 1. The van der Waals surface area contributed by atoms with Crippen LogP contribution in [0.25, 0.3) is 0 Å². The van der Waals surface area contributed by atoms with E-state index in [0.717, 1.165) is 6.07 Å². The van der Waals surface area contributed by atoms with Crippen molar-refractivity contribution < 1.29 is 23.0 Å². The van der Waals surface area contributed by atoms with E-state index in [0.29, 0.717) is 23.3 Å². The summed E-state index contributed by atoms with van der Waals surface area (Å²) in [7, 11) is 1.49. The summed E-state index contributed by atoms with van der Waals surface area (Å²) in [6, 6.07) is 8.87. The summed E-state index contributed by atoms with van der Waals surface area (Å²) >= 11 is 0. The Kier molecular flexibility index (Phi) is 4.14. The zero-order valence-corrected chi connectivity index (χ0v) is 12.4. The van der Waals surface area contributed by atoms with E-state index in [-0.39, 0.29) is 18.2 Å². The Balaban J connectivity index is 1.64. The molecular weight excluding hydrogens is 304 g/mol. The number of ether oxygens (including phenoxy) is 2. The van der Waals surface area contributed by atoms with Crippen molar-refractivity contribution in [1.82, 2.24) is 5.32 Å². The van der Waals surface area contributed by atoms with Crippen LogP contribution < -0.4 is 14.8 Å². The van der Waals surface area contributed by atoms with Crippen molar-refractivity contribution in [3.05, 3.63) is 59.2 Å². The Labute approximate surface area is 132 Å². The van der Waals surface area contributed by atoms with Gasteiger partial charge in [-0.2, -0.15) is 0 Å². The molecule has 0 unspecified atom stereocenters. The predicted octanol–water partition coefficient (Wildman–Crippen LogP) is 2.71. The van der Waals surface area contributed by atoms with Crippen LogP contribution in [-0.4, -0.2) is 25.7 Å². The molecule has 1 N–H and O–H groups in total. The number of hydrogen-bond donors (Lipinski definition) is 1. The van der Waals surface area contributed by atoms with Gasteiger partial charge in [0.05, 0.1) is 19.2 Å². The van der Waals surface area contributed by atoms with E-state index >= 15 is 0 Å². The summed E-state index contributed by atoms with van der Waals surface area (Å²) in [4.78, 5) is 12.2. The lowest BCUT2D eigenvalue weighted by molar-refractivity contribution is 0.0930.